The van der Waals surface area contributed by atoms with Gasteiger partial charge in [0.25, 0.3) is 0 Å². The topological polar surface area (TPSA) is 43.7 Å². The Morgan fingerprint density at radius 2 is 1.91 bits per heavy atom. The molecule has 0 aromatic rings. The van der Waals surface area contributed by atoms with Gasteiger partial charge >= 0.3 is 0 Å². The summed E-state index contributed by atoms with van der Waals surface area (Å²) >= 11 is 0. The van der Waals surface area contributed by atoms with Crippen LogP contribution in [0.5, 0.6) is 0 Å². The predicted molar refractivity (Wildman–Crippen MR) is 45.4 cm³/mol. The maximum Gasteiger partial charge on any atom is 0.0590 e. The fourth-order valence-electron chi connectivity index (χ4n) is 1.34. The standard InChI is InChI=1S/C7H15NO.CH4O/c1-6-5-8(2)4-3-7(6)9;1-2/h6-7,9H,3-5H2,1-2H3;2H,1H3. The van der Waals surface area contributed by atoms with Crippen LogP contribution in [0.15, 0.2) is 0 Å². The Kier molecular flexibility index (Phi) is 5.46. The molecule has 0 spiro atoms. The second kappa shape index (κ2) is 5.52. The fraction of sp³-hybridized carbons (Fsp3) is 1.00. The molecule has 0 saturated carbocycles. The quantitative estimate of drug-likeness (QED) is 0.522. The van der Waals surface area contributed by atoms with Crippen molar-refractivity contribution in [2.45, 2.75) is 19.4 Å². The van der Waals surface area contributed by atoms with Crippen molar-refractivity contribution in [1.82, 2.24) is 4.90 Å². The number of hydrogen-bond donors (Lipinski definition) is 2. The molecule has 3 nitrogen and oxygen atoms in total. The lowest BCUT2D eigenvalue weighted by atomic mass is 9.97. The van der Waals surface area contributed by atoms with Gasteiger partial charge in [-0.05, 0) is 19.4 Å². The molecule has 68 valence electrons. The van der Waals surface area contributed by atoms with Gasteiger partial charge in [-0.3, -0.25) is 0 Å². The third-order valence-corrected chi connectivity index (χ3v) is 2.06. The third-order valence-electron chi connectivity index (χ3n) is 2.06. The van der Waals surface area contributed by atoms with Crippen LogP contribution in [-0.4, -0.2) is 48.5 Å². The van der Waals surface area contributed by atoms with E-state index in [0.717, 1.165) is 26.6 Å². The van der Waals surface area contributed by atoms with Crippen LogP contribution < -0.4 is 0 Å². The molecule has 0 aliphatic carbocycles. The van der Waals surface area contributed by atoms with Gasteiger partial charge in [0, 0.05) is 20.2 Å². The summed E-state index contributed by atoms with van der Waals surface area (Å²) in [5.41, 5.74) is 0. The molecule has 1 aliphatic heterocycles. The molecular formula is C8H19NO2. The lowest BCUT2D eigenvalue weighted by Gasteiger charge is -2.31. The molecule has 2 N–H and O–H groups in total. The molecule has 1 saturated heterocycles. The number of aliphatic hydroxyl groups excluding tert-OH is 2. The van der Waals surface area contributed by atoms with Crippen molar-refractivity contribution < 1.29 is 10.2 Å². The van der Waals surface area contributed by atoms with Crippen LogP contribution in [0.4, 0.5) is 0 Å². The second-order valence-corrected chi connectivity index (χ2v) is 3.10. The summed E-state index contributed by atoms with van der Waals surface area (Å²) < 4.78 is 0. The Bertz CT molecular complexity index is 98.1. The van der Waals surface area contributed by atoms with E-state index in [1.165, 1.54) is 0 Å². The first kappa shape index (κ1) is 10.9. The minimum Gasteiger partial charge on any atom is -0.400 e. The average Bonchev–Trinajstić information content (AvgIpc) is 2.02. The van der Waals surface area contributed by atoms with Crippen LogP contribution >= 0.6 is 0 Å². The average molecular weight is 161 g/mol. The first-order chi connectivity index (χ1) is 5.20. The van der Waals surface area contributed by atoms with Gasteiger partial charge in [-0.2, -0.15) is 0 Å². The lowest BCUT2D eigenvalue weighted by molar-refractivity contribution is 0.0451. The zero-order chi connectivity index (χ0) is 8.85. The molecule has 0 amide bonds. The van der Waals surface area contributed by atoms with E-state index in [2.05, 4.69) is 18.9 Å². The van der Waals surface area contributed by atoms with Crippen LogP contribution in [0.3, 0.4) is 0 Å². The number of piperidine rings is 1. The zero-order valence-corrected chi connectivity index (χ0v) is 7.62. The highest BCUT2D eigenvalue weighted by Crippen LogP contribution is 2.14. The summed E-state index contributed by atoms with van der Waals surface area (Å²) in [5, 5.41) is 16.3. The largest absolute Gasteiger partial charge is 0.400 e. The maximum atomic E-state index is 9.27. The van der Waals surface area contributed by atoms with Gasteiger partial charge in [0.2, 0.25) is 0 Å². The Morgan fingerprint density at radius 1 is 1.36 bits per heavy atom. The highest BCUT2D eigenvalue weighted by molar-refractivity contribution is 4.74. The third kappa shape index (κ3) is 3.70. The zero-order valence-electron chi connectivity index (χ0n) is 7.62. The van der Waals surface area contributed by atoms with Crippen LogP contribution in [0.2, 0.25) is 0 Å². The summed E-state index contributed by atoms with van der Waals surface area (Å²) in [4.78, 5) is 2.26. The Labute approximate surface area is 68.6 Å². The Balaban J connectivity index is 0.000000461. The van der Waals surface area contributed by atoms with E-state index in [1.807, 2.05) is 0 Å². The van der Waals surface area contributed by atoms with E-state index in [1.54, 1.807) is 0 Å². The van der Waals surface area contributed by atoms with Crippen molar-refractivity contribution in [3.63, 3.8) is 0 Å². The van der Waals surface area contributed by atoms with Crippen molar-refractivity contribution in [2.24, 2.45) is 5.92 Å². The normalized spacial score (nSPS) is 32.5. The smallest absolute Gasteiger partial charge is 0.0590 e. The molecule has 3 heteroatoms. The van der Waals surface area contributed by atoms with Crippen LogP contribution in [-0.2, 0) is 0 Å². The predicted octanol–water partition coefficient (Wildman–Crippen LogP) is -0.0726. The van der Waals surface area contributed by atoms with Crippen LogP contribution in [0.25, 0.3) is 0 Å². The van der Waals surface area contributed by atoms with Gasteiger partial charge in [-0.1, -0.05) is 6.92 Å². The SMILES string of the molecule is CC1CN(C)CCC1O.CO. The van der Waals surface area contributed by atoms with Crippen molar-refractivity contribution in [3.05, 3.63) is 0 Å². The minimum atomic E-state index is -0.0544. The molecule has 2 unspecified atom stereocenters. The van der Waals surface area contributed by atoms with Gasteiger partial charge in [-0.15, -0.1) is 0 Å². The van der Waals surface area contributed by atoms with Gasteiger partial charge in [0.15, 0.2) is 0 Å². The number of likely N-dealkylation sites (tertiary alicyclic amines) is 1. The highest BCUT2D eigenvalue weighted by atomic mass is 16.3. The van der Waals surface area contributed by atoms with Gasteiger partial charge in [0.05, 0.1) is 6.10 Å². The van der Waals surface area contributed by atoms with E-state index in [4.69, 9.17) is 5.11 Å². The van der Waals surface area contributed by atoms with E-state index in [0.29, 0.717) is 5.92 Å². The van der Waals surface area contributed by atoms with E-state index in [9.17, 15) is 5.11 Å². The molecule has 0 radical (unpaired) electrons. The summed E-state index contributed by atoms with van der Waals surface area (Å²) in [7, 11) is 3.10. The minimum absolute atomic E-state index is 0.0544. The van der Waals surface area contributed by atoms with Crippen molar-refractivity contribution in [3.8, 4) is 0 Å². The summed E-state index contributed by atoms with van der Waals surface area (Å²) in [5.74, 6) is 0.462. The van der Waals surface area contributed by atoms with E-state index in [-0.39, 0.29) is 6.10 Å². The van der Waals surface area contributed by atoms with E-state index < -0.39 is 0 Å². The van der Waals surface area contributed by atoms with Crippen LogP contribution in [0, 0.1) is 5.92 Å². The lowest BCUT2D eigenvalue weighted by Crippen LogP contribution is -2.39. The number of aliphatic hydroxyl groups is 2. The molecule has 2 atom stereocenters. The second-order valence-electron chi connectivity index (χ2n) is 3.10. The van der Waals surface area contributed by atoms with Crippen LogP contribution in [0.1, 0.15) is 13.3 Å². The summed E-state index contributed by atoms with van der Waals surface area (Å²) in [6.45, 7) is 4.19. The first-order valence-corrected chi connectivity index (χ1v) is 4.01. The van der Waals surface area contributed by atoms with Gasteiger partial charge in [0.1, 0.15) is 0 Å². The maximum absolute atomic E-state index is 9.27. The first-order valence-electron chi connectivity index (χ1n) is 4.01. The van der Waals surface area contributed by atoms with E-state index >= 15 is 0 Å². The van der Waals surface area contributed by atoms with Gasteiger partial charge in [-0.25, -0.2) is 0 Å². The number of rotatable bonds is 0. The summed E-state index contributed by atoms with van der Waals surface area (Å²) in [6, 6.07) is 0. The molecule has 0 aromatic carbocycles. The van der Waals surface area contributed by atoms with Crippen molar-refractivity contribution in [2.75, 3.05) is 27.2 Å². The molecule has 1 fully saturated rings. The fourth-order valence-corrected chi connectivity index (χ4v) is 1.34. The molecule has 0 bridgehead atoms. The number of hydrogen-bond acceptors (Lipinski definition) is 3. The Morgan fingerprint density at radius 3 is 2.27 bits per heavy atom. The molecule has 1 aliphatic rings. The van der Waals surface area contributed by atoms with Crippen molar-refractivity contribution in [1.29, 1.82) is 0 Å². The number of nitrogens with zero attached hydrogens (tertiary/aromatic N) is 1. The molecule has 1 rings (SSSR count). The highest BCUT2D eigenvalue weighted by Gasteiger charge is 2.21. The molecule has 1 heterocycles. The summed E-state index contributed by atoms with van der Waals surface area (Å²) in [6.07, 6.45) is 0.888. The molecule has 0 aromatic heterocycles. The monoisotopic (exact) mass is 161 g/mol. The van der Waals surface area contributed by atoms with Gasteiger partial charge < -0.3 is 15.1 Å². The molecule has 11 heavy (non-hydrogen) atoms. The van der Waals surface area contributed by atoms with Crippen molar-refractivity contribution >= 4 is 0 Å². The molecular weight excluding hydrogens is 142 g/mol. The Hall–Kier alpha value is -0.120.